The van der Waals surface area contributed by atoms with Crippen LogP contribution in [0, 0.1) is 0 Å². The van der Waals surface area contributed by atoms with E-state index in [0.717, 1.165) is 15.9 Å². The zero-order chi connectivity index (χ0) is 19.7. The summed E-state index contributed by atoms with van der Waals surface area (Å²) >= 11 is 6.92. The van der Waals surface area contributed by atoms with Crippen molar-refractivity contribution in [2.45, 2.75) is 12.8 Å². The standard InChI is InChI=1S/C18H17Br2N3O4/c1-22(11-6-4-10(19)5-7-11)23-15-9-13(17(25)27-3)12(16(24)26-2)8-14(15)21-18(23)20/h4-7H,8-9H2,1-3H3. The average molecular weight is 499 g/mol. The molecule has 2 aromatic rings. The fraction of sp³-hybridized carbons (Fsp3) is 0.278. The molecule has 27 heavy (non-hydrogen) atoms. The van der Waals surface area contributed by atoms with E-state index in [1.807, 2.05) is 41.0 Å². The predicted octanol–water partition coefficient (Wildman–Crippen LogP) is 3.05. The quantitative estimate of drug-likeness (QED) is 0.603. The lowest BCUT2D eigenvalue weighted by atomic mass is 9.92. The van der Waals surface area contributed by atoms with E-state index >= 15 is 0 Å². The van der Waals surface area contributed by atoms with E-state index in [9.17, 15) is 9.59 Å². The second kappa shape index (κ2) is 7.85. The molecule has 0 atom stereocenters. The van der Waals surface area contributed by atoms with E-state index in [4.69, 9.17) is 9.47 Å². The van der Waals surface area contributed by atoms with Gasteiger partial charge in [0, 0.05) is 24.4 Å². The van der Waals surface area contributed by atoms with Crippen LogP contribution in [-0.4, -0.2) is 42.9 Å². The molecule has 3 rings (SSSR count). The number of hydrogen-bond donors (Lipinski definition) is 0. The third kappa shape index (κ3) is 3.66. The molecule has 1 heterocycles. The number of methoxy groups -OCH3 is 2. The highest BCUT2D eigenvalue weighted by Gasteiger charge is 2.33. The number of benzene rings is 1. The highest BCUT2D eigenvalue weighted by molar-refractivity contribution is 9.10. The van der Waals surface area contributed by atoms with Gasteiger partial charge in [0.25, 0.3) is 0 Å². The highest BCUT2D eigenvalue weighted by Crippen LogP contribution is 2.32. The van der Waals surface area contributed by atoms with Crippen molar-refractivity contribution in [1.82, 2.24) is 9.66 Å². The maximum absolute atomic E-state index is 12.3. The first-order valence-electron chi connectivity index (χ1n) is 8.01. The second-order valence-electron chi connectivity index (χ2n) is 5.88. The number of ether oxygens (including phenoxy) is 2. The van der Waals surface area contributed by atoms with Crippen molar-refractivity contribution >= 4 is 49.5 Å². The number of carbonyl (C=O) groups is 2. The molecular formula is C18H17Br2N3O4. The molecule has 0 saturated heterocycles. The molecule has 1 aliphatic carbocycles. The third-order valence-electron chi connectivity index (χ3n) is 4.41. The Morgan fingerprint density at radius 3 is 2.15 bits per heavy atom. The molecule has 0 saturated carbocycles. The molecule has 0 spiro atoms. The molecule has 0 radical (unpaired) electrons. The van der Waals surface area contributed by atoms with E-state index in [1.165, 1.54) is 14.2 Å². The number of aromatic nitrogens is 2. The van der Waals surface area contributed by atoms with E-state index in [0.29, 0.717) is 10.4 Å². The summed E-state index contributed by atoms with van der Waals surface area (Å²) in [6.45, 7) is 0. The van der Waals surface area contributed by atoms with Crippen LogP contribution in [-0.2, 0) is 31.9 Å². The van der Waals surface area contributed by atoms with Crippen molar-refractivity contribution in [3.05, 3.63) is 56.0 Å². The van der Waals surface area contributed by atoms with Crippen LogP contribution >= 0.6 is 31.9 Å². The fourth-order valence-corrected chi connectivity index (χ4v) is 3.97. The summed E-state index contributed by atoms with van der Waals surface area (Å²) in [7, 11) is 4.48. The summed E-state index contributed by atoms with van der Waals surface area (Å²) in [5, 5.41) is 1.92. The number of carbonyl (C=O) groups excluding carboxylic acids is 2. The van der Waals surface area contributed by atoms with Gasteiger partial charge >= 0.3 is 11.9 Å². The molecular weight excluding hydrogens is 482 g/mol. The monoisotopic (exact) mass is 497 g/mol. The third-order valence-corrected chi connectivity index (χ3v) is 5.45. The summed E-state index contributed by atoms with van der Waals surface area (Å²) in [5.74, 6) is -1.09. The molecule has 0 fully saturated rings. The van der Waals surface area contributed by atoms with Crippen molar-refractivity contribution < 1.29 is 19.1 Å². The highest BCUT2D eigenvalue weighted by atomic mass is 79.9. The molecule has 0 bridgehead atoms. The Morgan fingerprint density at radius 2 is 1.59 bits per heavy atom. The van der Waals surface area contributed by atoms with Gasteiger partial charge in [0.15, 0.2) is 4.73 Å². The van der Waals surface area contributed by atoms with Crippen LogP contribution in [0.15, 0.2) is 44.6 Å². The van der Waals surface area contributed by atoms with Gasteiger partial charge in [0.2, 0.25) is 0 Å². The zero-order valence-corrected chi connectivity index (χ0v) is 18.1. The van der Waals surface area contributed by atoms with Crippen LogP contribution in [0.1, 0.15) is 11.4 Å². The Morgan fingerprint density at radius 1 is 1.04 bits per heavy atom. The van der Waals surface area contributed by atoms with Crippen molar-refractivity contribution in [3.63, 3.8) is 0 Å². The summed E-state index contributed by atoms with van der Waals surface area (Å²) in [6, 6.07) is 7.81. The lowest BCUT2D eigenvalue weighted by molar-refractivity contribution is -0.139. The minimum Gasteiger partial charge on any atom is -0.466 e. The Labute approximate surface area is 173 Å². The largest absolute Gasteiger partial charge is 0.466 e. The van der Waals surface area contributed by atoms with E-state index in [1.54, 1.807) is 0 Å². The lowest BCUT2D eigenvalue weighted by Gasteiger charge is -2.26. The molecule has 142 valence electrons. The first kappa shape index (κ1) is 19.6. The zero-order valence-electron chi connectivity index (χ0n) is 15.0. The normalized spacial score (nSPS) is 13.2. The van der Waals surface area contributed by atoms with Gasteiger partial charge in [-0.05, 0) is 40.2 Å². The van der Waals surface area contributed by atoms with Crippen LogP contribution in [0.3, 0.4) is 0 Å². The van der Waals surface area contributed by atoms with Crippen molar-refractivity contribution in [2.24, 2.45) is 0 Å². The number of halogens is 2. The van der Waals surface area contributed by atoms with Gasteiger partial charge in [0.1, 0.15) is 0 Å². The maximum atomic E-state index is 12.3. The number of nitrogens with zero attached hydrogens (tertiary/aromatic N) is 3. The lowest BCUT2D eigenvalue weighted by Crippen LogP contribution is -2.30. The number of hydrogen-bond acceptors (Lipinski definition) is 6. The van der Waals surface area contributed by atoms with Crippen LogP contribution in [0.25, 0.3) is 0 Å². The SMILES string of the molecule is COC(=O)C1=C(C(=O)OC)Cc2c(nc(Br)n2N(C)c2ccc(Br)cc2)C1. The van der Waals surface area contributed by atoms with Crippen LogP contribution in [0.5, 0.6) is 0 Å². The smallest absolute Gasteiger partial charge is 0.334 e. The summed E-state index contributed by atoms with van der Waals surface area (Å²) < 4.78 is 13.1. The van der Waals surface area contributed by atoms with Gasteiger partial charge in [-0.15, -0.1) is 0 Å². The molecule has 0 aliphatic heterocycles. The number of anilines is 1. The first-order valence-corrected chi connectivity index (χ1v) is 9.60. The molecule has 1 aliphatic rings. The molecule has 1 aromatic heterocycles. The Kier molecular flexibility index (Phi) is 5.71. The van der Waals surface area contributed by atoms with Gasteiger partial charge in [0.05, 0.1) is 42.4 Å². The van der Waals surface area contributed by atoms with Crippen LogP contribution in [0.4, 0.5) is 5.69 Å². The number of esters is 2. The van der Waals surface area contributed by atoms with Gasteiger partial charge in [-0.2, -0.15) is 0 Å². The molecule has 9 heteroatoms. The molecule has 1 aromatic carbocycles. The Hall–Kier alpha value is -2.13. The van der Waals surface area contributed by atoms with Crippen molar-refractivity contribution in [1.29, 1.82) is 0 Å². The van der Waals surface area contributed by atoms with Crippen LogP contribution < -0.4 is 5.01 Å². The van der Waals surface area contributed by atoms with Gasteiger partial charge in [-0.3, -0.25) is 5.01 Å². The number of rotatable bonds is 4. The predicted molar refractivity (Wildman–Crippen MR) is 106 cm³/mol. The molecule has 7 nitrogen and oxygen atoms in total. The maximum Gasteiger partial charge on any atom is 0.334 e. The van der Waals surface area contributed by atoms with E-state index < -0.39 is 11.9 Å². The van der Waals surface area contributed by atoms with Gasteiger partial charge < -0.3 is 9.47 Å². The van der Waals surface area contributed by atoms with Gasteiger partial charge in [-0.25, -0.2) is 19.2 Å². The fourth-order valence-electron chi connectivity index (χ4n) is 3.04. The summed E-state index contributed by atoms with van der Waals surface area (Å²) in [5.41, 5.74) is 3.01. The van der Waals surface area contributed by atoms with E-state index in [2.05, 4.69) is 36.8 Å². The van der Waals surface area contributed by atoms with Crippen molar-refractivity contribution in [2.75, 3.05) is 26.3 Å². The molecule has 0 N–H and O–H groups in total. The topological polar surface area (TPSA) is 73.7 Å². The summed E-state index contributed by atoms with van der Waals surface area (Å²) in [4.78, 5) is 28.9. The van der Waals surface area contributed by atoms with Crippen molar-refractivity contribution in [3.8, 4) is 0 Å². The minimum absolute atomic E-state index is 0.201. The second-order valence-corrected chi connectivity index (χ2v) is 7.50. The van der Waals surface area contributed by atoms with Crippen LogP contribution in [0.2, 0.25) is 0 Å². The number of fused-ring (bicyclic) bond motifs is 1. The Balaban J connectivity index is 2.06. The average Bonchev–Trinajstić information content (AvgIpc) is 3.00. The number of imidazole rings is 1. The Bertz CT molecular complexity index is 935. The van der Waals surface area contributed by atoms with E-state index in [-0.39, 0.29) is 24.0 Å². The van der Waals surface area contributed by atoms with Gasteiger partial charge in [-0.1, -0.05) is 15.9 Å². The molecule has 0 amide bonds. The summed E-state index contributed by atoms with van der Waals surface area (Å²) in [6.07, 6.45) is 0.415. The first-order chi connectivity index (χ1) is 12.9. The minimum atomic E-state index is -0.548. The molecule has 0 unspecified atom stereocenters.